The maximum absolute atomic E-state index is 12.8. The van der Waals surface area contributed by atoms with Gasteiger partial charge in [-0.3, -0.25) is 0 Å². The molecule has 7 rings (SSSR count). The first kappa shape index (κ1) is 28.8. The number of anilines is 5. The standard InChI is InChI=1S/C33H42N8O3/c1-39-14-16-40(17-15-39)27-8-6-25(7-9-27)36-33(42)35-24-4-2-23(3-5-24)32-37-30(34-26-12-18-43-19-13-26)20-31(38-32)41-21-28-10-11-29(22-41)44-28/h2-9,20,26,28-29H,10-19,21-22H2,1H3,(H,34,37,38)(H2,35,36,42). The third-order valence-corrected chi connectivity index (χ3v) is 9.05. The Hall–Kier alpha value is -3.93. The number of nitrogens with one attached hydrogen (secondary N) is 3. The van der Waals surface area contributed by atoms with Crippen LogP contribution in [0.5, 0.6) is 0 Å². The van der Waals surface area contributed by atoms with Crippen molar-refractivity contribution in [2.75, 3.05) is 85.3 Å². The second kappa shape index (κ2) is 13.0. The Morgan fingerprint density at radius 3 is 2.09 bits per heavy atom. The number of hydrogen-bond donors (Lipinski definition) is 3. The highest BCUT2D eigenvalue weighted by atomic mass is 16.5. The SMILES string of the molecule is CN1CCN(c2ccc(NC(=O)Nc3ccc(-c4nc(NC5CCOCC5)cc(N5CC6CCC(C5)O6)n4)cc3)cc2)CC1. The molecule has 1 aromatic heterocycles. The zero-order valence-corrected chi connectivity index (χ0v) is 25.4. The summed E-state index contributed by atoms with van der Waals surface area (Å²) in [5, 5.41) is 9.52. The number of carbonyl (C=O) groups excluding carboxylic acids is 1. The minimum Gasteiger partial charge on any atom is -0.381 e. The number of benzene rings is 2. The molecule has 2 bridgehead atoms. The van der Waals surface area contributed by atoms with Crippen LogP contribution in [-0.2, 0) is 9.47 Å². The van der Waals surface area contributed by atoms with Crippen molar-refractivity contribution in [2.24, 2.45) is 0 Å². The molecule has 4 aliphatic rings. The van der Waals surface area contributed by atoms with Crippen LogP contribution in [0.4, 0.5) is 33.5 Å². The highest BCUT2D eigenvalue weighted by Gasteiger charge is 2.34. The number of piperazine rings is 1. The molecule has 2 amide bonds. The number of urea groups is 1. The van der Waals surface area contributed by atoms with E-state index in [1.165, 1.54) is 5.69 Å². The summed E-state index contributed by atoms with van der Waals surface area (Å²) in [4.78, 5) is 29.7. The fourth-order valence-electron chi connectivity index (χ4n) is 6.47. The number of amides is 2. The molecule has 44 heavy (non-hydrogen) atoms. The summed E-state index contributed by atoms with van der Waals surface area (Å²) in [5.41, 5.74) is 3.52. The number of rotatable bonds is 7. The second-order valence-electron chi connectivity index (χ2n) is 12.3. The number of fused-ring (bicyclic) bond motifs is 2. The summed E-state index contributed by atoms with van der Waals surface area (Å²) in [5.74, 6) is 2.41. The van der Waals surface area contributed by atoms with Gasteiger partial charge in [0.1, 0.15) is 11.6 Å². The molecule has 3 N–H and O–H groups in total. The summed E-state index contributed by atoms with van der Waals surface area (Å²) in [6.45, 7) is 7.36. The summed E-state index contributed by atoms with van der Waals surface area (Å²) in [6.07, 6.45) is 4.67. The van der Waals surface area contributed by atoms with Gasteiger partial charge in [0.05, 0.1) is 12.2 Å². The molecular formula is C33H42N8O3. The van der Waals surface area contributed by atoms with Gasteiger partial charge in [-0.05, 0) is 81.3 Å². The Kier molecular flexibility index (Phi) is 8.50. The van der Waals surface area contributed by atoms with Crippen molar-refractivity contribution in [2.45, 2.75) is 43.9 Å². The van der Waals surface area contributed by atoms with Crippen molar-refractivity contribution in [3.05, 3.63) is 54.6 Å². The van der Waals surface area contributed by atoms with Gasteiger partial charge in [0, 0.05) is 87.2 Å². The van der Waals surface area contributed by atoms with Gasteiger partial charge in [0.25, 0.3) is 0 Å². The number of ether oxygens (including phenoxy) is 2. The van der Waals surface area contributed by atoms with Crippen LogP contribution in [0.1, 0.15) is 25.7 Å². The average Bonchev–Trinajstić information content (AvgIpc) is 3.39. The number of aromatic nitrogens is 2. The Bertz CT molecular complexity index is 1410. The maximum Gasteiger partial charge on any atom is 0.323 e. The molecule has 0 aliphatic carbocycles. The third-order valence-electron chi connectivity index (χ3n) is 9.05. The summed E-state index contributed by atoms with van der Waals surface area (Å²) < 4.78 is 11.6. The van der Waals surface area contributed by atoms with Crippen molar-refractivity contribution < 1.29 is 14.3 Å². The number of nitrogens with zero attached hydrogens (tertiary/aromatic N) is 5. The van der Waals surface area contributed by atoms with Crippen LogP contribution in [0.25, 0.3) is 11.4 Å². The van der Waals surface area contributed by atoms with Crippen LogP contribution in [-0.4, -0.2) is 98.7 Å². The molecule has 5 heterocycles. The van der Waals surface area contributed by atoms with Gasteiger partial charge in [-0.1, -0.05) is 0 Å². The van der Waals surface area contributed by atoms with Crippen LogP contribution in [0.3, 0.4) is 0 Å². The molecule has 2 unspecified atom stereocenters. The summed E-state index contributed by atoms with van der Waals surface area (Å²) in [7, 11) is 2.15. The highest BCUT2D eigenvalue weighted by Crippen LogP contribution is 2.31. The quantitative estimate of drug-likeness (QED) is 0.363. The van der Waals surface area contributed by atoms with Crippen LogP contribution >= 0.6 is 0 Å². The van der Waals surface area contributed by atoms with Crippen LogP contribution in [0.2, 0.25) is 0 Å². The first-order chi connectivity index (χ1) is 21.5. The van der Waals surface area contributed by atoms with Crippen LogP contribution < -0.4 is 25.8 Å². The lowest BCUT2D eigenvalue weighted by molar-refractivity contribution is 0.0302. The fraction of sp³-hybridized carbons (Fsp3) is 0.485. The molecule has 4 aliphatic heterocycles. The molecule has 0 radical (unpaired) electrons. The van der Waals surface area contributed by atoms with Gasteiger partial charge in [-0.2, -0.15) is 0 Å². The molecule has 4 saturated heterocycles. The van der Waals surface area contributed by atoms with E-state index in [4.69, 9.17) is 19.4 Å². The first-order valence-electron chi connectivity index (χ1n) is 15.9. The van der Waals surface area contributed by atoms with Gasteiger partial charge >= 0.3 is 6.03 Å². The third kappa shape index (κ3) is 6.90. The summed E-state index contributed by atoms with van der Waals surface area (Å²) >= 11 is 0. The van der Waals surface area contributed by atoms with Crippen molar-refractivity contribution in [3.63, 3.8) is 0 Å². The van der Waals surface area contributed by atoms with Crippen molar-refractivity contribution in [1.82, 2.24) is 14.9 Å². The first-order valence-corrected chi connectivity index (χ1v) is 15.9. The Labute approximate surface area is 258 Å². The molecule has 4 fully saturated rings. The number of morpholine rings is 1. The molecule has 11 nitrogen and oxygen atoms in total. The van der Waals surface area contributed by atoms with Gasteiger partial charge in [0.2, 0.25) is 0 Å². The van der Waals surface area contributed by atoms with E-state index in [0.29, 0.717) is 17.6 Å². The van der Waals surface area contributed by atoms with Gasteiger partial charge in [-0.15, -0.1) is 0 Å². The smallest absolute Gasteiger partial charge is 0.323 e. The van der Waals surface area contributed by atoms with E-state index in [0.717, 1.165) is 101 Å². The minimum atomic E-state index is -0.284. The Morgan fingerprint density at radius 2 is 1.43 bits per heavy atom. The molecule has 0 spiro atoms. The molecular weight excluding hydrogens is 556 g/mol. The number of hydrogen-bond acceptors (Lipinski definition) is 9. The van der Waals surface area contributed by atoms with E-state index in [1.54, 1.807) is 0 Å². The van der Waals surface area contributed by atoms with Crippen molar-refractivity contribution >= 4 is 34.7 Å². The normalized spacial score (nSPS) is 22.6. The van der Waals surface area contributed by atoms with Crippen molar-refractivity contribution in [3.8, 4) is 11.4 Å². The van der Waals surface area contributed by atoms with Gasteiger partial charge < -0.3 is 40.1 Å². The van der Waals surface area contributed by atoms with Gasteiger partial charge in [0.15, 0.2) is 5.82 Å². The van der Waals surface area contributed by atoms with E-state index in [-0.39, 0.29) is 18.2 Å². The second-order valence-corrected chi connectivity index (χ2v) is 12.3. The van der Waals surface area contributed by atoms with E-state index >= 15 is 0 Å². The lowest BCUT2D eigenvalue weighted by atomic mass is 10.1. The molecule has 2 atom stereocenters. The molecule has 232 valence electrons. The Morgan fingerprint density at radius 1 is 0.795 bits per heavy atom. The number of likely N-dealkylation sites (N-methyl/N-ethyl adjacent to an activating group) is 1. The van der Waals surface area contributed by atoms with Crippen LogP contribution in [0.15, 0.2) is 54.6 Å². The predicted molar refractivity (Wildman–Crippen MR) is 174 cm³/mol. The lowest BCUT2D eigenvalue weighted by Gasteiger charge is -2.34. The van der Waals surface area contributed by atoms with E-state index in [9.17, 15) is 4.79 Å². The molecule has 11 heteroatoms. The largest absolute Gasteiger partial charge is 0.381 e. The molecule has 3 aromatic rings. The Balaban J connectivity index is 1.02. The van der Waals surface area contributed by atoms with Crippen molar-refractivity contribution in [1.29, 1.82) is 0 Å². The average molecular weight is 599 g/mol. The molecule has 2 aromatic carbocycles. The summed E-state index contributed by atoms with van der Waals surface area (Å²) in [6, 6.07) is 17.8. The minimum absolute atomic E-state index is 0.269. The lowest BCUT2D eigenvalue weighted by Crippen LogP contribution is -2.44. The highest BCUT2D eigenvalue weighted by molar-refractivity contribution is 6.00. The maximum atomic E-state index is 12.8. The predicted octanol–water partition coefficient (Wildman–Crippen LogP) is 4.50. The van der Waals surface area contributed by atoms with E-state index in [1.807, 2.05) is 36.4 Å². The topological polar surface area (TPSA) is 107 Å². The fourth-order valence-corrected chi connectivity index (χ4v) is 6.47. The molecule has 0 saturated carbocycles. The zero-order valence-electron chi connectivity index (χ0n) is 25.4. The van der Waals surface area contributed by atoms with E-state index < -0.39 is 0 Å². The van der Waals surface area contributed by atoms with Gasteiger partial charge in [-0.25, -0.2) is 14.8 Å². The monoisotopic (exact) mass is 598 g/mol. The van der Waals surface area contributed by atoms with E-state index in [2.05, 4.69) is 55.9 Å². The number of carbonyl (C=O) groups is 1. The van der Waals surface area contributed by atoms with Crippen LogP contribution in [0, 0.1) is 0 Å². The zero-order chi connectivity index (χ0) is 29.9.